The zero-order valence-electron chi connectivity index (χ0n) is 35.2. The molecule has 0 atom stereocenters. The lowest BCUT2D eigenvalue weighted by molar-refractivity contribution is 0.483. The van der Waals surface area contributed by atoms with Gasteiger partial charge in [-0.1, -0.05) is 115 Å². The summed E-state index contributed by atoms with van der Waals surface area (Å²) in [4.78, 5) is 0. The van der Waals surface area contributed by atoms with E-state index < -0.39 is 0 Å². The van der Waals surface area contributed by atoms with Gasteiger partial charge in [-0.2, -0.15) is 0 Å². The Kier molecular flexibility index (Phi) is 8.46. The number of fused-ring (bicyclic) bond motifs is 9. The summed E-state index contributed by atoms with van der Waals surface area (Å²) in [5.74, 6) is 3.22. The van der Waals surface area contributed by atoms with Gasteiger partial charge in [-0.15, -0.1) is 0 Å². The molecule has 13 rings (SSSR count). The zero-order valence-corrected chi connectivity index (χ0v) is 35.2. The van der Waals surface area contributed by atoms with Crippen molar-refractivity contribution in [2.24, 2.45) is 0 Å². The Morgan fingerprint density at radius 2 is 0.600 bits per heavy atom. The lowest BCUT2D eigenvalue weighted by Crippen LogP contribution is -1.96. The van der Waals surface area contributed by atoms with Crippen LogP contribution < -0.4 is 9.47 Å². The summed E-state index contributed by atoms with van der Waals surface area (Å²) in [6.07, 6.45) is 0. The van der Waals surface area contributed by atoms with Gasteiger partial charge < -0.3 is 23.2 Å². The molecule has 3 heterocycles. The van der Waals surface area contributed by atoms with Crippen LogP contribution in [0.5, 0.6) is 23.0 Å². The lowest BCUT2D eigenvalue weighted by Gasteiger charge is -2.12. The predicted octanol–water partition coefficient (Wildman–Crippen LogP) is 16.2. The van der Waals surface area contributed by atoms with Crippen LogP contribution in [-0.4, -0.2) is 13.7 Å². The Morgan fingerprint density at radius 3 is 1.12 bits per heavy atom. The number of ether oxygens (including phenoxy) is 2. The number of hydrogen-bond donors (Lipinski definition) is 0. The Labute approximate surface area is 374 Å². The summed E-state index contributed by atoms with van der Waals surface area (Å²) in [5, 5.41) is 6.99. The number of hydrogen-bond acceptors (Lipinski definition) is 2. The first-order valence-corrected chi connectivity index (χ1v) is 22.0. The average Bonchev–Trinajstić information content (AvgIpc) is 3.99. The van der Waals surface area contributed by atoms with Crippen molar-refractivity contribution in [1.29, 1.82) is 0 Å². The summed E-state index contributed by atoms with van der Waals surface area (Å²) in [6.45, 7) is 0. The van der Waals surface area contributed by atoms with Gasteiger partial charge in [-0.25, -0.2) is 0 Å². The highest BCUT2D eigenvalue weighted by molar-refractivity contribution is 6.14. The van der Waals surface area contributed by atoms with Gasteiger partial charge in [-0.05, 0) is 132 Å². The molecule has 3 aromatic heterocycles. The second-order valence-corrected chi connectivity index (χ2v) is 16.5. The van der Waals surface area contributed by atoms with E-state index in [9.17, 15) is 0 Å². The first kappa shape index (κ1) is 36.8. The smallest absolute Gasteiger partial charge is 0.128 e. The van der Waals surface area contributed by atoms with Crippen LogP contribution in [0.15, 0.2) is 237 Å². The second-order valence-electron chi connectivity index (χ2n) is 16.5. The maximum Gasteiger partial charge on any atom is 0.128 e. The molecule has 65 heavy (non-hydrogen) atoms. The fourth-order valence-corrected chi connectivity index (χ4v) is 9.82. The van der Waals surface area contributed by atoms with Gasteiger partial charge in [0.05, 0.1) is 33.1 Å². The van der Waals surface area contributed by atoms with Gasteiger partial charge in [0.15, 0.2) is 0 Å². The number of benzene rings is 10. The number of aromatic nitrogens is 3. The molecule has 0 fully saturated rings. The first-order valence-electron chi connectivity index (χ1n) is 22.0. The Balaban J connectivity index is 1.01. The van der Waals surface area contributed by atoms with Gasteiger partial charge >= 0.3 is 0 Å². The third-order valence-corrected chi connectivity index (χ3v) is 12.7. The molecule has 0 saturated heterocycles. The minimum Gasteiger partial charge on any atom is -0.457 e. The molecule has 306 valence electrons. The highest BCUT2D eigenvalue weighted by atomic mass is 16.5. The van der Waals surface area contributed by atoms with Crippen molar-refractivity contribution in [3.05, 3.63) is 237 Å². The molecular formula is C60H39N3O2. The van der Waals surface area contributed by atoms with Crippen molar-refractivity contribution in [1.82, 2.24) is 13.7 Å². The summed E-state index contributed by atoms with van der Waals surface area (Å²) < 4.78 is 19.9. The lowest BCUT2D eigenvalue weighted by atomic mass is 10.0. The molecule has 0 spiro atoms. The summed E-state index contributed by atoms with van der Waals surface area (Å²) in [6, 6.07) is 83.4. The van der Waals surface area contributed by atoms with E-state index in [0.717, 1.165) is 94.8 Å². The number of nitrogens with zero attached hydrogens (tertiary/aromatic N) is 3. The minimum absolute atomic E-state index is 0.796. The van der Waals surface area contributed by atoms with Crippen molar-refractivity contribution in [2.45, 2.75) is 0 Å². The SMILES string of the molecule is c1ccc(Oc2ccc3c(c2)c2ccc(-c4ccc5c6cc(Oc7ccccc7)ccc6n(-c6ccc7c(c6)c6ccccc6n7-c6ccccc6)c5c4)cc2n3-c2ccccc2)cc1. The van der Waals surface area contributed by atoms with Crippen LogP contribution in [0, 0.1) is 0 Å². The molecule has 0 aliphatic rings. The van der Waals surface area contributed by atoms with E-state index in [4.69, 9.17) is 9.47 Å². The second kappa shape index (κ2) is 14.9. The third kappa shape index (κ3) is 6.16. The van der Waals surface area contributed by atoms with Crippen molar-refractivity contribution in [3.63, 3.8) is 0 Å². The summed E-state index contributed by atoms with van der Waals surface area (Å²) in [7, 11) is 0. The van der Waals surface area contributed by atoms with E-state index in [1.54, 1.807) is 0 Å². The van der Waals surface area contributed by atoms with Crippen LogP contribution in [0.2, 0.25) is 0 Å². The van der Waals surface area contributed by atoms with Crippen LogP contribution >= 0.6 is 0 Å². The monoisotopic (exact) mass is 833 g/mol. The highest BCUT2D eigenvalue weighted by Gasteiger charge is 2.20. The molecule has 13 aromatic rings. The van der Waals surface area contributed by atoms with Crippen molar-refractivity contribution >= 4 is 65.4 Å². The average molecular weight is 834 g/mol. The molecule has 10 aromatic carbocycles. The Hall–Kier alpha value is -8.80. The van der Waals surface area contributed by atoms with Gasteiger partial charge in [-0.3, -0.25) is 0 Å². The molecule has 0 radical (unpaired) electrons. The summed E-state index contributed by atoms with van der Waals surface area (Å²) >= 11 is 0. The molecule has 0 aliphatic heterocycles. The van der Waals surface area contributed by atoms with E-state index in [0.29, 0.717) is 0 Å². The maximum atomic E-state index is 6.42. The largest absolute Gasteiger partial charge is 0.457 e. The molecule has 0 amide bonds. The fourth-order valence-electron chi connectivity index (χ4n) is 9.82. The summed E-state index contributed by atoms with van der Waals surface area (Å²) in [5.41, 5.74) is 12.4. The van der Waals surface area contributed by atoms with E-state index in [1.807, 2.05) is 60.7 Å². The van der Waals surface area contributed by atoms with Gasteiger partial charge in [0.1, 0.15) is 23.0 Å². The van der Waals surface area contributed by atoms with Crippen LogP contribution in [0.3, 0.4) is 0 Å². The number of para-hydroxylation sites is 5. The molecule has 0 bridgehead atoms. The zero-order chi connectivity index (χ0) is 42.8. The molecule has 0 unspecified atom stereocenters. The van der Waals surface area contributed by atoms with Crippen LogP contribution in [0.1, 0.15) is 0 Å². The quantitative estimate of drug-likeness (QED) is 0.153. The molecular weight excluding hydrogens is 795 g/mol. The molecule has 0 aliphatic carbocycles. The number of rotatable bonds is 8. The van der Waals surface area contributed by atoms with Crippen LogP contribution in [0.4, 0.5) is 0 Å². The van der Waals surface area contributed by atoms with E-state index >= 15 is 0 Å². The topological polar surface area (TPSA) is 33.2 Å². The normalized spacial score (nSPS) is 11.7. The van der Waals surface area contributed by atoms with Crippen molar-refractivity contribution < 1.29 is 9.47 Å². The van der Waals surface area contributed by atoms with E-state index in [-0.39, 0.29) is 0 Å². The maximum absolute atomic E-state index is 6.42. The van der Waals surface area contributed by atoms with Crippen LogP contribution in [0.25, 0.3) is 93.6 Å². The first-order chi connectivity index (χ1) is 32.2. The fraction of sp³-hybridized carbons (Fsp3) is 0. The van der Waals surface area contributed by atoms with Gasteiger partial charge in [0.25, 0.3) is 0 Å². The van der Waals surface area contributed by atoms with Crippen molar-refractivity contribution in [2.75, 3.05) is 0 Å². The minimum atomic E-state index is 0.796. The predicted molar refractivity (Wildman–Crippen MR) is 268 cm³/mol. The van der Waals surface area contributed by atoms with Gasteiger partial charge in [0, 0.05) is 49.4 Å². The van der Waals surface area contributed by atoms with Gasteiger partial charge in [0.2, 0.25) is 0 Å². The van der Waals surface area contributed by atoms with E-state index in [1.165, 1.54) is 21.8 Å². The molecule has 0 N–H and O–H groups in total. The Morgan fingerprint density at radius 1 is 0.215 bits per heavy atom. The van der Waals surface area contributed by atoms with Crippen molar-refractivity contribution in [3.8, 4) is 51.2 Å². The third-order valence-electron chi connectivity index (χ3n) is 12.7. The standard InChI is InChI=1S/C60H39N3O2/c1-5-15-42(16-6-1)61-55-24-14-13-23-49(55)52-37-44(27-32-56(52)61)63-58-34-29-48(65-46-21-11-4-12-22-46)39-54(58)51-31-26-41(36-60(51)63)40-25-30-50-53-38-47(64-45-19-9-3-10-20-45)28-33-57(53)62(59(50)35-40)43-17-7-2-8-18-43/h1-39H. The van der Waals surface area contributed by atoms with E-state index in [2.05, 4.69) is 190 Å². The molecule has 5 nitrogen and oxygen atoms in total. The molecule has 5 heteroatoms. The molecule has 0 saturated carbocycles. The highest BCUT2D eigenvalue weighted by Crippen LogP contribution is 2.42. The Bertz CT molecular complexity index is 3920. The van der Waals surface area contributed by atoms with Crippen LogP contribution in [-0.2, 0) is 0 Å².